The van der Waals surface area contributed by atoms with Gasteiger partial charge < -0.3 is 0 Å². The third-order valence-corrected chi connectivity index (χ3v) is 7.83. The number of pyridine rings is 1. The molecule has 0 amide bonds. The second-order valence-corrected chi connectivity index (χ2v) is 9.81. The summed E-state index contributed by atoms with van der Waals surface area (Å²) in [5.74, 6) is 0. The number of thiophene rings is 1. The molecule has 2 aromatic heterocycles. The number of hydrogen-bond donors (Lipinski definition) is 0. The summed E-state index contributed by atoms with van der Waals surface area (Å²) in [6, 6.07) is 34.7. The van der Waals surface area contributed by atoms with Gasteiger partial charge in [-0.05, 0) is 68.1 Å². The predicted molar refractivity (Wildman–Crippen MR) is 149 cm³/mol. The van der Waals surface area contributed by atoms with E-state index in [1.54, 1.807) is 6.20 Å². The normalized spacial score (nSPS) is 11.4. The lowest BCUT2D eigenvalue weighted by molar-refractivity contribution is 1.34. The molecule has 7 aromatic rings. The van der Waals surface area contributed by atoms with Gasteiger partial charge in [0.2, 0.25) is 5.69 Å². The number of aromatic nitrogens is 1. The fourth-order valence-electron chi connectivity index (χ4n) is 5.15. The SMILES string of the molecule is [C-]#[N+]c1cncc(-c2cccc(-c3cc4sc5ccc6ccccc6c5c4c4ccccc34)c2)c1. The molecule has 0 aliphatic carbocycles. The molecule has 5 aromatic carbocycles. The molecule has 162 valence electrons. The molecule has 0 saturated heterocycles. The van der Waals surface area contributed by atoms with Crippen LogP contribution >= 0.6 is 11.3 Å². The highest BCUT2D eigenvalue weighted by atomic mass is 32.1. The number of fused-ring (bicyclic) bond motifs is 7. The third-order valence-electron chi connectivity index (χ3n) is 6.73. The highest BCUT2D eigenvalue weighted by Crippen LogP contribution is 2.45. The van der Waals surface area contributed by atoms with Gasteiger partial charge in [-0.25, -0.2) is 4.85 Å². The van der Waals surface area contributed by atoms with Crippen molar-refractivity contribution >= 4 is 58.7 Å². The maximum Gasteiger partial charge on any atom is 0.205 e. The Kier molecular flexibility index (Phi) is 4.42. The van der Waals surface area contributed by atoms with Gasteiger partial charge in [-0.3, -0.25) is 4.98 Å². The summed E-state index contributed by atoms with van der Waals surface area (Å²) in [5, 5.41) is 7.80. The molecule has 2 heterocycles. The molecule has 7 rings (SSSR count). The van der Waals surface area contributed by atoms with Gasteiger partial charge in [0.25, 0.3) is 0 Å². The topological polar surface area (TPSA) is 17.2 Å². The van der Waals surface area contributed by atoms with Gasteiger partial charge in [-0.15, -0.1) is 11.3 Å². The van der Waals surface area contributed by atoms with Crippen molar-refractivity contribution in [1.82, 2.24) is 4.98 Å². The summed E-state index contributed by atoms with van der Waals surface area (Å²) in [6.07, 6.45) is 3.43. The van der Waals surface area contributed by atoms with Gasteiger partial charge in [0.15, 0.2) is 0 Å². The Labute approximate surface area is 206 Å². The van der Waals surface area contributed by atoms with Crippen LogP contribution in [0.5, 0.6) is 0 Å². The van der Waals surface area contributed by atoms with Crippen molar-refractivity contribution in [3.63, 3.8) is 0 Å². The van der Waals surface area contributed by atoms with Crippen molar-refractivity contribution in [1.29, 1.82) is 0 Å². The fourth-order valence-corrected chi connectivity index (χ4v) is 6.33. The van der Waals surface area contributed by atoms with Crippen LogP contribution in [0.3, 0.4) is 0 Å². The van der Waals surface area contributed by atoms with E-state index in [2.05, 4.69) is 101 Å². The van der Waals surface area contributed by atoms with E-state index in [9.17, 15) is 0 Å². The van der Waals surface area contributed by atoms with Gasteiger partial charge in [0.05, 0.1) is 6.57 Å². The van der Waals surface area contributed by atoms with Crippen molar-refractivity contribution in [2.45, 2.75) is 0 Å². The minimum atomic E-state index is 0.553. The van der Waals surface area contributed by atoms with Crippen LogP contribution < -0.4 is 0 Å². The highest BCUT2D eigenvalue weighted by Gasteiger charge is 2.15. The maximum atomic E-state index is 7.33. The highest BCUT2D eigenvalue weighted by molar-refractivity contribution is 7.26. The zero-order valence-corrected chi connectivity index (χ0v) is 19.5. The first-order valence-electron chi connectivity index (χ1n) is 11.5. The standard InChI is InChI=1S/C32H18N2S/c1-33-24-16-23(18-34-19-24)21-8-6-9-22(15-21)28-17-30-32(27-12-5-4-11-26(27)28)31-25-10-3-2-7-20(25)13-14-29(31)35-30/h2-19H. The Morgan fingerprint density at radius 1 is 0.600 bits per heavy atom. The molecule has 0 fully saturated rings. The molecule has 3 heteroatoms. The lowest BCUT2D eigenvalue weighted by Crippen LogP contribution is -1.85. The molecule has 0 N–H and O–H groups in total. The first-order valence-corrected chi connectivity index (χ1v) is 12.3. The Morgan fingerprint density at radius 3 is 2.26 bits per heavy atom. The molecule has 35 heavy (non-hydrogen) atoms. The molecular weight excluding hydrogens is 444 g/mol. The average Bonchev–Trinajstić information content (AvgIpc) is 3.32. The van der Waals surface area contributed by atoms with E-state index in [-0.39, 0.29) is 0 Å². The van der Waals surface area contributed by atoms with E-state index in [1.165, 1.54) is 47.3 Å². The van der Waals surface area contributed by atoms with Gasteiger partial charge >= 0.3 is 0 Å². The van der Waals surface area contributed by atoms with Crippen LogP contribution in [-0.4, -0.2) is 4.98 Å². The zero-order chi connectivity index (χ0) is 23.4. The van der Waals surface area contributed by atoms with Crippen molar-refractivity contribution in [3.8, 4) is 22.3 Å². The van der Waals surface area contributed by atoms with Crippen LogP contribution in [0.4, 0.5) is 5.69 Å². The first-order chi connectivity index (χ1) is 17.3. The summed E-state index contributed by atoms with van der Waals surface area (Å²) in [4.78, 5) is 7.81. The smallest absolute Gasteiger partial charge is 0.205 e. The molecule has 0 saturated carbocycles. The molecule has 0 aliphatic heterocycles. The van der Waals surface area contributed by atoms with Gasteiger partial charge in [0.1, 0.15) is 0 Å². The molecule has 0 radical (unpaired) electrons. The van der Waals surface area contributed by atoms with Crippen LogP contribution in [-0.2, 0) is 0 Å². The fraction of sp³-hybridized carbons (Fsp3) is 0. The molecule has 0 spiro atoms. The summed E-state index contributed by atoms with van der Waals surface area (Å²) in [6.45, 7) is 7.33. The minimum Gasteiger partial charge on any atom is -0.276 e. The number of hydrogen-bond acceptors (Lipinski definition) is 2. The maximum absolute atomic E-state index is 7.33. The van der Waals surface area contributed by atoms with Gasteiger partial charge in [-0.2, -0.15) is 0 Å². The molecule has 0 unspecified atom stereocenters. The molecule has 0 aliphatic rings. The van der Waals surface area contributed by atoms with Crippen molar-refractivity contribution < 1.29 is 0 Å². The Hall–Kier alpha value is -4.52. The van der Waals surface area contributed by atoms with Crippen LogP contribution in [0.2, 0.25) is 0 Å². The Bertz CT molecular complexity index is 1970. The molecule has 2 nitrogen and oxygen atoms in total. The Balaban J connectivity index is 1.53. The monoisotopic (exact) mass is 462 g/mol. The predicted octanol–water partition coefficient (Wildman–Crippen LogP) is 9.64. The summed E-state index contributed by atoms with van der Waals surface area (Å²) >= 11 is 1.86. The molecular formula is C32H18N2S. The first kappa shape index (κ1) is 19.9. The minimum absolute atomic E-state index is 0.553. The van der Waals surface area contributed by atoms with Gasteiger partial charge in [0, 0.05) is 32.6 Å². The number of nitrogens with zero attached hydrogens (tertiary/aromatic N) is 2. The average molecular weight is 463 g/mol. The number of rotatable bonds is 2. The molecule has 0 bridgehead atoms. The summed E-state index contributed by atoms with van der Waals surface area (Å²) < 4.78 is 2.61. The van der Waals surface area contributed by atoms with E-state index in [0.717, 1.165) is 16.7 Å². The van der Waals surface area contributed by atoms with E-state index < -0.39 is 0 Å². The zero-order valence-electron chi connectivity index (χ0n) is 18.7. The quantitative estimate of drug-likeness (QED) is 0.234. The summed E-state index contributed by atoms with van der Waals surface area (Å²) in [7, 11) is 0. The largest absolute Gasteiger partial charge is 0.276 e. The van der Waals surface area contributed by atoms with Crippen molar-refractivity contribution in [2.75, 3.05) is 0 Å². The van der Waals surface area contributed by atoms with E-state index in [0.29, 0.717) is 5.69 Å². The van der Waals surface area contributed by atoms with Gasteiger partial charge in [-0.1, -0.05) is 72.8 Å². The lowest BCUT2D eigenvalue weighted by Gasteiger charge is -2.11. The third kappa shape index (κ3) is 3.12. The second-order valence-electron chi connectivity index (χ2n) is 8.73. The van der Waals surface area contributed by atoms with Crippen molar-refractivity contribution in [2.24, 2.45) is 0 Å². The Morgan fingerprint density at radius 2 is 1.37 bits per heavy atom. The van der Waals surface area contributed by atoms with E-state index in [4.69, 9.17) is 6.57 Å². The van der Waals surface area contributed by atoms with Crippen LogP contribution in [0.1, 0.15) is 0 Å². The second kappa shape index (κ2) is 7.77. The van der Waals surface area contributed by atoms with E-state index >= 15 is 0 Å². The van der Waals surface area contributed by atoms with Crippen molar-refractivity contribution in [3.05, 3.63) is 121 Å². The van der Waals surface area contributed by atoms with Crippen LogP contribution in [0.15, 0.2) is 109 Å². The van der Waals surface area contributed by atoms with E-state index in [1.807, 2.05) is 23.6 Å². The van der Waals surface area contributed by atoms with Crippen LogP contribution in [0, 0.1) is 6.57 Å². The molecule has 0 atom stereocenters. The summed E-state index contributed by atoms with van der Waals surface area (Å²) in [5.41, 5.74) is 4.96. The van der Waals surface area contributed by atoms with Crippen LogP contribution in [0.25, 0.3) is 68.8 Å². The number of benzene rings is 5. The lowest BCUT2D eigenvalue weighted by atomic mass is 9.92.